The van der Waals surface area contributed by atoms with Crippen LogP contribution < -0.4 is 11.3 Å². The van der Waals surface area contributed by atoms with Crippen molar-refractivity contribution in [3.8, 4) is 0 Å². The summed E-state index contributed by atoms with van der Waals surface area (Å²) in [6, 6.07) is 0. The second kappa shape index (κ2) is 5.83. The summed E-state index contributed by atoms with van der Waals surface area (Å²) in [5.74, 6) is -0.192. The third-order valence-corrected chi connectivity index (χ3v) is 2.75. The molecule has 0 saturated carbocycles. The van der Waals surface area contributed by atoms with Gasteiger partial charge in [0.25, 0.3) is 5.56 Å². The molecule has 106 valence electrons. The molecule has 0 aliphatic heterocycles. The van der Waals surface area contributed by atoms with Crippen LogP contribution in [0.1, 0.15) is 32.2 Å². The Labute approximate surface area is 111 Å². The molecule has 0 saturated heterocycles. The lowest BCUT2D eigenvalue weighted by atomic mass is 10.1. The number of nitrogen functional groups attached to an aromatic ring is 1. The third-order valence-electron chi connectivity index (χ3n) is 2.75. The summed E-state index contributed by atoms with van der Waals surface area (Å²) >= 11 is 0. The van der Waals surface area contributed by atoms with Crippen molar-refractivity contribution in [2.75, 3.05) is 19.5 Å². The zero-order valence-electron chi connectivity index (χ0n) is 11.6. The quantitative estimate of drug-likeness (QED) is 0.746. The van der Waals surface area contributed by atoms with E-state index < -0.39 is 17.1 Å². The molecule has 0 aromatic carbocycles. The van der Waals surface area contributed by atoms with Gasteiger partial charge in [-0.25, -0.2) is 4.98 Å². The minimum absolute atomic E-state index is 0.0110. The highest BCUT2D eigenvalue weighted by Gasteiger charge is 2.25. The van der Waals surface area contributed by atoms with E-state index in [9.17, 15) is 9.59 Å². The van der Waals surface area contributed by atoms with E-state index in [1.165, 1.54) is 7.11 Å². The fourth-order valence-electron chi connectivity index (χ4n) is 1.42. The van der Waals surface area contributed by atoms with Crippen LogP contribution in [0.15, 0.2) is 4.79 Å². The first-order valence-corrected chi connectivity index (χ1v) is 5.91. The molecule has 1 aromatic rings. The lowest BCUT2D eigenvalue weighted by molar-refractivity contribution is -0.142. The smallest absolute Gasteiger partial charge is 0.310 e. The normalized spacial score (nSPS) is 11.4. The monoisotopic (exact) mass is 269 g/mol. The van der Waals surface area contributed by atoms with Crippen molar-refractivity contribution in [2.24, 2.45) is 0 Å². The molecule has 19 heavy (non-hydrogen) atoms. The number of rotatable bonds is 5. The van der Waals surface area contributed by atoms with Gasteiger partial charge < -0.3 is 20.2 Å². The van der Waals surface area contributed by atoms with Crippen molar-refractivity contribution < 1.29 is 14.3 Å². The predicted molar refractivity (Wildman–Crippen MR) is 69.6 cm³/mol. The number of aromatic nitrogens is 2. The zero-order valence-corrected chi connectivity index (χ0v) is 11.6. The number of H-pyrrole nitrogens is 1. The second-order valence-corrected chi connectivity index (χ2v) is 4.47. The number of anilines is 1. The van der Waals surface area contributed by atoms with Gasteiger partial charge in [-0.15, -0.1) is 0 Å². The lowest BCUT2D eigenvalue weighted by Gasteiger charge is -2.22. The molecule has 1 rings (SSSR count). The fraction of sp³-hybridized carbons (Fsp3) is 0.583. The number of aromatic amines is 1. The Bertz CT molecular complexity index is 522. The van der Waals surface area contributed by atoms with Crippen LogP contribution in [0.2, 0.25) is 0 Å². The molecule has 0 bridgehead atoms. The molecule has 1 heterocycles. The highest BCUT2D eigenvalue weighted by Crippen LogP contribution is 2.20. The molecule has 0 radical (unpaired) electrons. The summed E-state index contributed by atoms with van der Waals surface area (Å²) in [5.41, 5.74) is 4.60. The summed E-state index contributed by atoms with van der Waals surface area (Å²) in [6.07, 6.45) is -0.199. The van der Waals surface area contributed by atoms with Crippen molar-refractivity contribution in [3.05, 3.63) is 21.7 Å². The van der Waals surface area contributed by atoms with Crippen LogP contribution in [-0.4, -0.2) is 29.7 Å². The third kappa shape index (κ3) is 3.54. The second-order valence-electron chi connectivity index (χ2n) is 4.47. The average molecular weight is 269 g/mol. The molecule has 0 unspecified atom stereocenters. The number of hydrogen-bond donors (Lipinski definition) is 2. The Morgan fingerprint density at radius 2 is 2.11 bits per heavy atom. The number of carbonyl (C=O) groups is 1. The van der Waals surface area contributed by atoms with Crippen molar-refractivity contribution in [3.63, 3.8) is 0 Å². The maximum Gasteiger partial charge on any atom is 0.310 e. The molecule has 0 atom stereocenters. The van der Waals surface area contributed by atoms with Crippen LogP contribution in [0.3, 0.4) is 0 Å². The summed E-state index contributed by atoms with van der Waals surface area (Å²) < 4.78 is 9.99. The van der Waals surface area contributed by atoms with Crippen molar-refractivity contribution in [1.29, 1.82) is 0 Å². The van der Waals surface area contributed by atoms with E-state index in [1.807, 2.05) is 0 Å². The van der Waals surface area contributed by atoms with Crippen LogP contribution >= 0.6 is 0 Å². The summed E-state index contributed by atoms with van der Waals surface area (Å²) in [4.78, 5) is 30.0. The molecular weight excluding hydrogens is 250 g/mol. The molecule has 7 nitrogen and oxygen atoms in total. The van der Waals surface area contributed by atoms with Crippen LogP contribution in [-0.2, 0) is 26.3 Å². The van der Waals surface area contributed by atoms with E-state index in [0.29, 0.717) is 5.82 Å². The fourth-order valence-corrected chi connectivity index (χ4v) is 1.42. The number of nitrogens with two attached hydrogens (primary N) is 1. The molecule has 0 amide bonds. The number of nitrogens with zero attached hydrogens (tertiary/aromatic N) is 1. The maximum atomic E-state index is 11.9. The SMILES string of the molecule is CCOC(=O)Cc1c(N)nc(C(C)(C)OC)[nH]c1=O. The number of ether oxygens (including phenoxy) is 2. The van der Waals surface area contributed by atoms with E-state index in [-0.39, 0.29) is 24.4 Å². The summed E-state index contributed by atoms with van der Waals surface area (Å²) in [6.45, 7) is 5.43. The van der Waals surface area contributed by atoms with Gasteiger partial charge in [0.1, 0.15) is 17.2 Å². The molecular formula is C12H19N3O4. The molecule has 0 spiro atoms. The Kier molecular flexibility index (Phi) is 4.66. The summed E-state index contributed by atoms with van der Waals surface area (Å²) in [7, 11) is 1.50. The molecule has 0 aliphatic carbocycles. The molecule has 1 aromatic heterocycles. The first kappa shape index (κ1) is 15.2. The van der Waals surface area contributed by atoms with Gasteiger partial charge in [0.15, 0.2) is 0 Å². The van der Waals surface area contributed by atoms with Gasteiger partial charge in [-0.1, -0.05) is 0 Å². The van der Waals surface area contributed by atoms with Crippen LogP contribution in [0.4, 0.5) is 5.82 Å². The number of carbonyl (C=O) groups excluding carboxylic acids is 1. The van der Waals surface area contributed by atoms with Crippen molar-refractivity contribution in [1.82, 2.24) is 9.97 Å². The van der Waals surface area contributed by atoms with Gasteiger partial charge in [-0.05, 0) is 20.8 Å². The lowest BCUT2D eigenvalue weighted by Crippen LogP contribution is -2.30. The number of methoxy groups -OCH3 is 1. The Morgan fingerprint density at radius 3 is 2.58 bits per heavy atom. The van der Waals surface area contributed by atoms with E-state index in [4.69, 9.17) is 15.2 Å². The number of hydrogen-bond acceptors (Lipinski definition) is 6. The van der Waals surface area contributed by atoms with E-state index in [1.54, 1.807) is 20.8 Å². The molecule has 3 N–H and O–H groups in total. The van der Waals surface area contributed by atoms with Crippen molar-refractivity contribution in [2.45, 2.75) is 32.8 Å². The van der Waals surface area contributed by atoms with Crippen LogP contribution in [0.25, 0.3) is 0 Å². The van der Waals surface area contributed by atoms with Gasteiger partial charge in [-0.3, -0.25) is 9.59 Å². The highest BCUT2D eigenvalue weighted by atomic mass is 16.5. The van der Waals surface area contributed by atoms with Gasteiger partial charge >= 0.3 is 5.97 Å². The number of esters is 1. The Hall–Kier alpha value is -1.89. The standard InChI is InChI=1S/C12H19N3O4/c1-5-19-8(16)6-7-9(13)14-11(15-10(7)17)12(2,3)18-4/h5-6H2,1-4H3,(H3,13,14,15,17). The van der Waals surface area contributed by atoms with Gasteiger partial charge in [0, 0.05) is 7.11 Å². The highest BCUT2D eigenvalue weighted by molar-refractivity contribution is 5.74. The first-order valence-electron chi connectivity index (χ1n) is 5.91. The minimum Gasteiger partial charge on any atom is -0.466 e. The van der Waals surface area contributed by atoms with E-state index >= 15 is 0 Å². The zero-order chi connectivity index (χ0) is 14.6. The Balaban J connectivity index is 3.12. The van der Waals surface area contributed by atoms with Crippen LogP contribution in [0.5, 0.6) is 0 Å². The van der Waals surface area contributed by atoms with E-state index in [2.05, 4.69) is 9.97 Å². The minimum atomic E-state index is -0.768. The topological polar surface area (TPSA) is 107 Å². The van der Waals surface area contributed by atoms with Crippen molar-refractivity contribution >= 4 is 11.8 Å². The summed E-state index contributed by atoms with van der Waals surface area (Å²) in [5, 5.41) is 0. The largest absolute Gasteiger partial charge is 0.466 e. The van der Waals surface area contributed by atoms with Gasteiger partial charge in [-0.2, -0.15) is 0 Å². The van der Waals surface area contributed by atoms with E-state index in [0.717, 1.165) is 0 Å². The van der Waals surface area contributed by atoms with Crippen LogP contribution in [0, 0.1) is 0 Å². The molecule has 7 heteroatoms. The first-order chi connectivity index (χ1) is 8.81. The molecule has 0 aliphatic rings. The van der Waals surface area contributed by atoms with Gasteiger partial charge in [0.2, 0.25) is 0 Å². The Morgan fingerprint density at radius 1 is 1.47 bits per heavy atom. The predicted octanol–water partition coefficient (Wildman–Crippen LogP) is 0.339. The average Bonchev–Trinajstić information content (AvgIpc) is 2.33. The maximum absolute atomic E-state index is 11.9. The van der Waals surface area contributed by atoms with Gasteiger partial charge in [0.05, 0.1) is 18.6 Å². The number of nitrogens with one attached hydrogen (secondary N) is 1. The molecule has 0 fully saturated rings.